The van der Waals surface area contributed by atoms with E-state index in [1.54, 1.807) is 32.4 Å². The lowest BCUT2D eigenvalue weighted by Gasteiger charge is -2.41. The second kappa shape index (κ2) is 6.41. The molecule has 0 aliphatic carbocycles. The Morgan fingerprint density at radius 1 is 1.30 bits per heavy atom. The summed E-state index contributed by atoms with van der Waals surface area (Å²) in [5.74, 6) is 1.30. The highest BCUT2D eigenvalue weighted by Crippen LogP contribution is 2.26. The summed E-state index contributed by atoms with van der Waals surface area (Å²) < 4.78 is 15.6. The molecule has 1 saturated heterocycles. The Kier molecular flexibility index (Phi) is 4.82. The first-order chi connectivity index (χ1) is 9.62. The van der Waals surface area contributed by atoms with Gasteiger partial charge in [-0.1, -0.05) is 0 Å². The second-order valence-corrected chi connectivity index (χ2v) is 5.02. The van der Waals surface area contributed by atoms with E-state index in [4.69, 9.17) is 19.9 Å². The van der Waals surface area contributed by atoms with E-state index in [1.807, 2.05) is 0 Å². The van der Waals surface area contributed by atoms with Gasteiger partial charge in [-0.25, -0.2) is 0 Å². The molecule has 0 amide bonds. The number of nitrogens with one attached hydrogen (secondary N) is 1. The third kappa shape index (κ3) is 3.21. The highest BCUT2D eigenvalue weighted by Gasteiger charge is 2.37. The van der Waals surface area contributed by atoms with Crippen molar-refractivity contribution in [1.82, 2.24) is 5.32 Å². The summed E-state index contributed by atoms with van der Waals surface area (Å²) in [7, 11) is 3.16. The van der Waals surface area contributed by atoms with E-state index in [2.05, 4.69) is 5.32 Å². The first-order valence-corrected chi connectivity index (χ1v) is 6.56. The molecule has 20 heavy (non-hydrogen) atoms. The Hall–Kier alpha value is -1.34. The topological polar surface area (TPSA) is 86.0 Å². The van der Waals surface area contributed by atoms with E-state index in [1.165, 1.54) is 0 Å². The Morgan fingerprint density at radius 2 is 1.90 bits per heavy atom. The molecular weight excluding hydrogens is 260 g/mol. The predicted octanol–water partition coefficient (Wildman–Crippen LogP) is 0.0545. The van der Waals surface area contributed by atoms with Gasteiger partial charge in [0.05, 0.1) is 39.1 Å². The molecule has 0 aromatic heterocycles. The number of hydrogen-bond donors (Lipinski definition) is 3. The summed E-state index contributed by atoms with van der Waals surface area (Å²) in [6, 6.07) is 5.35. The summed E-state index contributed by atoms with van der Waals surface area (Å²) in [4.78, 5) is 0. The normalized spacial score (nSPS) is 18.2. The van der Waals surface area contributed by atoms with Gasteiger partial charge in [0.2, 0.25) is 0 Å². The Balaban J connectivity index is 2.02. The van der Waals surface area contributed by atoms with Gasteiger partial charge in [0.25, 0.3) is 0 Å². The van der Waals surface area contributed by atoms with Gasteiger partial charge < -0.3 is 30.4 Å². The lowest BCUT2D eigenvalue weighted by molar-refractivity contribution is -0.0728. The van der Waals surface area contributed by atoms with Crippen LogP contribution in [-0.2, 0) is 4.74 Å². The van der Waals surface area contributed by atoms with Crippen LogP contribution in [0.4, 0.5) is 0 Å². The smallest absolute Gasteiger partial charge is 0.122 e. The summed E-state index contributed by atoms with van der Waals surface area (Å²) in [6.07, 6.45) is -0.664. The summed E-state index contributed by atoms with van der Waals surface area (Å²) in [6.45, 7) is 2.05. The van der Waals surface area contributed by atoms with Crippen molar-refractivity contribution in [1.29, 1.82) is 0 Å². The second-order valence-electron chi connectivity index (χ2n) is 5.02. The Morgan fingerprint density at radius 3 is 2.30 bits per heavy atom. The SMILES string of the molecule is COc1cc(OC)cc(C(O)CNC2(CN)COC2)c1. The van der Waals surface area contributed by atoms with Crippen LogP contribution in [0, 0.1) is 0 Å². The van der Waals surface area contributed by atoms with E-state index < -0.39 is 6.10 Å². The molecule has 0 radical (unpaired) electrons. The lowest BCUT2D eigenvalue weighted by Crippen LogP contribution is -2.65. The van der Waals surface area contributed by atoms with Gasteiger partial charge in [-0.05, 0) is 17.7 Å². The maximum atomic E-state index is 10.3. The summed E-state index contributed by atoms with van der Waals surface area (Å²) in [5.41, 5.74) is 6.25. The number of methoxy groups -OCH3 is 2. The molecule has 1 unspecified atom stereocenters. The van der Waals surface area contributed by atoms with Crippen LogP contribution < -0.4 is 20.5 Å². The number of ether oxygens (including phenoxy) is 3. The van der Waals surface area contributed by atoms with Crippen LogP contribution in [0.3, 0.4) is 0 Å². The molecule has 112 valence electrons. The van der Waals surface area contributed by atoms with E-state index in [9.17, 15) is 5.11 Å². The van der Waals surface area contributed by atoms with Gasteiger partial charge in [-0.15, -0.1) is 0 Å². The lowest BCUT2D eigenvalue weighted by atomic mass is 9.97. The van der Waals surface area contributed by atoms with E-state index in [0.29, 0.717) is 37.8 Å². The third-order valence-corrected chi connectivity index (χ3v) is 3.58. The van der Waals surface area contributed by atoms with Gasteiger partial charge in [-0.3, -0.25) is 0 Å². The van der Waals surface area contributed by atoms with E-state index in [-0.39, 0.29) is 5.54 Å². The van der Waals surface area contributed by atoms with Gasteiger partial charge in [-0.2, -0.15) is 0 Å². The van der Waals surface area contributed by atoms with Crippen molar-refractivity contribution >= 4 is 0 Å². The van der Waals surface area contributed by atoms with Crippen molar-refractivity contribution in [3.8, 4) is 11.5 Å². The molecule has 1 atom stereocenters. The first kappa shape index (κ1) is 15.1. The fourth-order valence-electron chi connectivity index (χ4n) is 2.09. The van der Waals surface area contributed by atoms with Crippen molar-refractivity contribution in [2.24, 2.45) is 5.73 Å². The first-order valence-electron chi connectivity index (χ1n) is 6.56. The molecule has 2 rings (SSSR count). The largest absolute Gasteiger partial charge is 0.497 e. The average Bonchev–Trinajstić information content (AvgIpc) is 2.45. The molecule has 6 heteroatoms. The van der Waals surface area contributed by atoms with Crippen LogP contribution in [0.1, 0.15) is 11.7 Å². The zero-order valence-electron chi connectivity index (χ0n) is 11.9. The average molecular weight is 282 g/mol. The molecule has 4 N–H and O–H groups in total. The predicted molar refractivity (Wildman–Crippen MR) is 75.1 cm³/mol. The van der Waals surface area contributed by atoms with Crippen molar-refractivity contribution in [3.05, 3.63) is 23.8 Å². The number of β-amino-alcohol motifs (C(OH)–C–C–N with tert-alkyl or cyclic N) is 1. The molecule has 1 aromatic carbocycles. The van der Waals surface area contributed by atoms with Gasteiger partial charge in [0, 0.05) is 19.2 Å². The van der Waals surface area contributed by atoms with Gasteiger partial charge >= 0.3 is 0 Å². The molecule has 1 fully saturated rings. The van der Waals surface area contributed by atoms with Crippen molar-refractivity contribution in [2.75, 3.05) is 40.5 Å². The van der Waals surface area contributed by atoms with Crippen LogP contribution in [0.5, 0.6) is 11.5 Å². The quantitative estimate of drug-likeness (QED) is 0.655. The van der Waals surface area contributed by atoms with Crippen LogP contribution in [0.15, 0.2) is 18.2 Å². The number of benzene rings is 1. The van der Waals surface area contributed by atoms with Gasteiger partial charge in [0.15, 0.2) is 0 Å². The Labute approximate surface area is 118 Å². The maximum Gasteiger partial charge on any atom is 0.122 e. The molecule has 1 aliphatic heterocycles. The van der Waals surface area contributed by atoms with E-state index >= 15 is 0 Å². The van der Waals surface area contributed by atoms with Crippen LogP contribution in [-0.4, -0.2) is 51.2 Å². The van der Waals surface area contributed by atoms with Crippen molar-refractivity contribution < 1.29 is 19.3 Å². The molecule has 0 bridgehead atoms. The van der Waals surface area contributed by atoms with Crippen LogP contribution >= 0.6 is 0 Å². The van der Waals surface area contributed by atoms with Gasteiger partial charge in [0.1, 0.15) is 11.5 Å². The molecule has 0 spiro atoms. The molecule has 6 nitrogen and oxygen atoms in total. The third-order valence-electron chi connectivity index (χ3n) is 3.58. The minimum Gasteiger partial charge on any atom is -0.497 e. The minimum atomic E-state index is -0.664. The number of nitrogens with two attached hydrogens (primary N) is 1. The number of aliphatic hydroxyl groups excluding tert-OH is 1. The summed E-state index contributed by atoms with van der Waals surface area (Å²) in [5, 5.41) is 13.6. The van der Waals surface area contributed by atoms with Crippen molar-refractivity contribution in [2.45, 2.75) is 11.6 Å². The highest BCUT2D eigenvalue weighted by molar-refractivity contribution is 5.39. The summed E-state index contributed by atoms with van der Waals surface area (Å²) >= 11 is 0. The van der Waals surface area contributed by atoms with Crippen molar-refractivity contribution in [3.63, 3.8) is 0 Å². The molecule has 1 aromatic rings. The number of rotatable bonds is 7. The monoisotopic (exact) mass is 282 g/mol. The zero-order chi connectivity index (χ0) is 14.6. The number of hydrogen-bond acceptors (Lipinski definition) is 6. The standard InChI is InChI=1S/C14H22N2O4/c1-18-11-3-10(4-12(5-11)19-2)13(17)6-16-14(7-15)8-20-9-14/h3-5,13,16-17H,6-9,15H2,1-2H3. The number of aliphatic hydroxyl groups is 1. The molecular formula is C14H22N2O4. The fourth-order valence-corrected chi connectivity index (χ4v) is 2.09. The zero-order valence-corrected chi connectivity index (χ0v) is 11.9. The fraction of sp³-hybridized carbons (Fsp3) is 0.571. The Bertz CT molecular complexity index is 421. The highest BCUT2D eigenvalue weighted by atomic mass is 16.5. The molecule has 0 saturated carbocycles. The van der Waals surface area contributed by atoms with Crippen LogP contribution in [0.25, 0.3) is 0 Å². The van der Waals surface area contributed by atoms with E-state index in [0.717, 1.165) is 5.56 Å². The van der Waals surface area contributed by atoms with Crippen LogP contribution in [0.2, 0.25) is 0 Å². The maximum absolute atomic E-state index is 10.3. The molecule has 1 aliphatic rings. The minimum absolute atomic E-state index is 0.204. The molecule has 1 heterocycles.